The lowest BCUT2D eigenvalue weighted by atomic mass is 10.7. The molecule has 0 unspecified atom stereocenters. The fourth-order valence-corrected chi connectivity index (χ4v) is 0.0303. The van der Waals surface area contributed by atoms with Gasteiger partial charge >= 0.3 is 12.1 Å². The predicted molar refractivity (Wildman–Crippen MR) is 13.3 cm³/mol. The minimum atomic E-state index is -4.93. The molecule has 0 saturated heterocycles. The lowest BCUT2D eigenvalue weighted by Gasteiger charge is -1.99. The van der Waals surface area contributed by atoms with Crippen LogP contribution in [0.5, 0.6) is 0 Å². The van der Waals surface area contributed by atoms with Gasteiger partial charge in [-0.2, -0.15) is 13.2 Å². The predicted octanol–water partition coefficient (Wildman–Crippen LogP) is 0.976. The highest BCUT2D eigenvalue weighted by Crippen LogP contribution is 2.16. The van der Waals surface area contributed by atoms with Crippen LogP contribution in [0.1, 0.15) is 0 Å². The van der Waals surface area contributed by atoms with E-state index >= 15 is 0 Å². The Kier molecular flexibility index (Phi) is 1.91. The zero-order valence-corrected chi connectivity index (χ0v) is 3.33. The Balaban J connectivity index is 3.91. The van der Waals surface area contributed by atoms with Crippen molar-refractivity contribution in [1.82, 2.24) is 0 Å². The van der Waals surface area contributed by atoms with E-state index in [1.54, 1.807) is 4.94 Å². The Labute approximate surface area is 40.9 Å². The number of alkyl halides is 2. The number of hydrogen-bond acceptors (Lipinski definition) is 2. The molecule has 0 heterocycles. The van der Waals surface area contributed by atoms with Gasteiger partial charge in [0.2, 0.25) is 0 Å². The molecule has 0 bridgehead atoms. The fourth-order valence-electron chi connectivity index (χ4n) is 0.0303. The van der Waals surface area contributed by atoms with Crippen LogP contribution in [0.4, 0.5) is 17.7 Å². The molecule has 0 aliphatic rings. The summed E-state index contributed by atoms with van der Waals surface area (Å²) < 4.78 is 42.9. The van der Waals surface area contributed by atoms with Gasteiger partial charge in [0, 0.05) is 0 Å². The first-order chi connectivity index (χ1) is 3.50. The maximum absolute atomic E-state index is 11.0. The zero-order valence-electron chi connectivity index (χ0n) is 3.33. The fraction of sp³-hybridized carbons (Fsp3) is 0.500. The molecule has 0 aromatic carbocycles. The average Bonchev–Trinajstić information content (AvgIpc) is 1.67. The van der Waals surface area contributed by atoms with Gasteiger partial charge in [-0.15, -0.1) is 4.94 Å². The summed E-state index contributed by atoms with van der Waals surface area (Å²) in [5, 5.41) is 0. The van der Waals surface area contributed by atoms with Crippen molar-refractivity contribution in [2.24, 2.45) is 0 Å². The third-order valence-electron chi connectivity index (χ3n) is 0.326. The molecule has 0 radical (unpaired) electrons. The molecule has 0 aromatic heterocycles. The van der Waals surface area contributed by atoms with Crippen LogP contribution < -0.4 is 0 Å². The van der Waals surface area contributed by atoms with Crippen LogP contribution in [0.15, 0.2) is 0 Å². The van der Waals surface area contributed by atoms with Gasteiger partial charge in [0.25, 0.3) is 0 Å². The van der Waals surface area contributed by atoms with Gasteiger partial charge in [-0.05, 0) is 4.53 Å². The number of hydrogen-bond donors (Lipinski definition) is 0. The van der Waals surface area contributed by atoms with E-state index < -0.39 is 12.1 Å². The molecule has 0 atom stereocenters. The molecule has 0 aromatic rings. The molecular formula is C2F4O2. The van der Waals surface area contributed by atoms with E-state index in [0.717, 1.165) is 0 Å². The van der Waals surface area contributed by atoms with Crippen molar-refractivity contribution >= 4 is 6.04 Å². The van der Waals surface area contributed by atoms with Gasteiger partial charge < -0.3 is 0 Å². The van der Waals surface area contributed by atoms with Crippen LogP contribution >= 0.6 is 0 Å². The molecule has 8 heavy (non-hydrogen) atoms. The van der Waals surface area contributed by atoms with Crippen molar-refractivity contribution < 1.29 is 27.4 Å². The molecule has 0 saturated carbocycles. The second-order valence-electron chi connectivity index (χ2n) is 0.868. The third kappa shape index (κ3) is 1.45. The van der Waals surface area contributed by atoms with E-state index in [1.807, 2.05) is 0 Å². The smallest absolute Gasteiger partial charge is 0.251 e. The van der Waals surface area contributed by atoms with Crippen molar-refractivity contribution in [2.45, 2.75) is 6.11 Å². The Bertz CT molecular complexity index is 100. The number of carbonyl (C=O) groups is 1. The van der Waals surface area contributed by atoms with Gasteiger partial charge in [0.1, 0.15) is 0 Å². The summed E-state index contributed by atoms with van der Waals surface area (Å²) >= 11 is 0. The first-order valence-corrected chi connectivity index (χ1v) is 1.38. The number of rotatable bonds is 2. The minimum Gasteiger partial charge on any atom is -0.251 e. The standard InChI is InChI=1S/C2F4O2/c3-1(7)2(4,5)8-6. The highest BCUT2D eigenvalue weighted by molar-refractivity contribution is 5.74. The van der Waals surface area contributed by atoms with Crippen LogP contribution in [-0.4, -0.2) is 12.1 Å². The summed E-state index contributed by atoms with van der Waals surface area (Å²) in [6.07, 6.45) is -4.93. The molecule has 6 heteroatoms. The summed E-state index contributed by atoms with van der Waals surface area (Å²) in [7, 11) is 0. The Morgan fingerprint density at radius 2 is 1.88 bits per heavy atom. The SMILES string of the molecule is O=C(F)C(F)(F)OF. The van der Waals surface area contributed by atoms with E-state index in [4.69, 9.17) is 4.79 Å². The molecule has 0 amide bonds. The third-order valence-corrected chi connectivity index (χ3v) is 0.326. The van der Waals surface area contributed by atoms with Gasteiger partial charge in [-0.25, -0.2) is 0 Å². The van der Waals surface area contributed by atoms with Gasteiger partial charge in [-0.3, -0.25) is 4.79 Å². The summed E-state index contributed by atoms with van der Waals surface area (Å²) in [5.41, 5.74) is 0. The van der Waals surface area contributed by atoms with Gasteiger partial charge in [-0.1, -0.05) is 0 Å². The van der Waals surface area contributed by atoms with Crippen LogP contribution in [0.3, 0.4) is 0 Å². The molecule has 0 N–H and O–H groups in total. The maximum atomic E-state index is 11.0. The summed E-state index contributed by atoms with van der Waals surface area (Å²) in [4.78, 5) is 10.6. The normalized spacial score (nSPS) is 11.5. The molecule has 0 aliphatic heterocycles. The second-order valence-corrected chi connectivity index (χ2v) is 0.868. The second kappa shape index (κ2) is 2.08. The van der Waals surface area contributed by atoms with Crippen molar-refractivity contribution in [3.63, 3.8) is 0 Å². The van der Waals surface area contributed by atoms with Gasteiger partial charge in [0.15, 0.2) is 0 Å². The maximum Gasteiger partial charge on any atom is 0.478 e. The first kappa shape index (κ1) is 7.35. The van der Waals surface area contributed by atoms with Crippen LogP contribution in [0.2, 0.25) is 0 Å². The largest absolute Gasteiger partial charge is 0.478 e. The summed E-state index contributed by atoms with van der Waals surface area (Å²) in [6.45, 7) is 0. The summed E-state index contributed by atoms with van der Waals surface area (Å²) in [5.74, 6) is 0. The first-order valence-electron chi connectivity index (χ1n) is 1.38. The van der Waals surface area contributed by atoms with Crippen molar-refractivity contribution in [3.8, 4) is 0 Å². The zero-order chi connectivity index (χ0) is 6.78. The molecule has 2 nitrogen and oxygen atoms in total. The molecule has 0 spiro atoms. The lowest BCUT2D eigenvalue weighted by Crippen LogP contribution is -2.25. The number of halogens is 4. The van der Waals surface area contributed by atoms with E-state index in [9.17, 15) is 17.7 Å². The van der Waals surface area contributed by atoms with E-state index in [1.165, 1.54) is 0 Å². The molecule has 0 rings (SSSR count). The minimum absolute atomic E-state index is 1.64. The van der Waals surface area contributed by atoms with Crippen molar-refractivity contribution in [3.05, 3.63) is 0 Å². The highest BCUT2D eigenvalue weighted by Gasteiger charge is 2.42. The number of carbonyl (C=O) groups excluding carboxylic acids is 1. The molecule has 0 fully saturated rings. The monoisotopic (exact) mass is 132 g/mol. The Hall–Kier alpha value is -0.650. The van der Waals surface area contributed by atoms with Gasteiger partial charge in [0.05, 0.1) is 0 Å². The van der Waals surface area contributed by atoms with E-state index in [-0.39, 0.29) is 0 Å². The molecule has 0 aliphatic carbocycles. The quantitative estimate of drug-likeness (QED) is 0.413. The van der Waals surface area contributed by atoms with Crippen LogP contribution in [0.25, 0.3) is 0 Å². The molecular weight excluding hydrogens is 132 g/mol. The Morgan fingerprint density at radius 1 is 1.50 bits per heavy atom. The molecule has 48 valence electrons. The van der Waals surface area contributed by atoms with E-state index in [2.05, 4.69) is 0 Å². The van der Waals surface area contributed by atoms with E-state index in [0.29, 0.717) is 0 Å². The highest BCUT2D eigenvalue weighted by atomic mass is 19.4. The average molecular weight is 132 g/mol. The van der Waals surface area contributed by atoms with Crippen molar-refractivity contribution in [2.75, 3.05) is 0 Å². The van der Waals surface area contributed by atoms with Crippen molar-refractivity contribution in [1.29, 1.82) is 0 Å². The van der Waals surface area contributed by atoms with Crippen LogP contribution in [-0.2, 0) is 9.74 Å². The van der Waals surface area contributed by atoms with Crippen LogP contribution in [0, 0.1) is 0 Å². The lowest BCUT2D eigenvalue weighted by molar-refractivity contribution is -0.337. The topological polar surface area (TPSA) is 26.3 Å². The Morgan fingerprint density at radius 3 is 1.88 bits per heavy atom. The summed E-state index contributed by atoms with van der Waals surface area (Å²) in [6, 6.07) is -3.15.